The number of rotatable bonds is 4. The van der Waals surface area contributed by atoms with Crippen LogP contribution in [0.4, 0.5) is 5.69 Å². The molecule has 0 aliphatic carbocycles. The third-order valence-electron chi connectivity index (χ3n) is 3.10. The Morgan fingerprint density at radius 2 is 1.62 bits per heavy atom. The molecule has 0 heterocycles. The van der Waals surface area contributed by atoms with Gasteiger partial charge in [0.25, 0.3) is 11.8 Å². The zero-order chi connectivity index (χ0) is 17.5. The van der Waals surface area contributed by atoms with E-state index in [0.29, 0.717) is 27.8 Å². The van der Waals surface area contributed by atoms with Gasteiger partial charge in [-0.1, -0.05) is 24.3 Å². The molecule has 0 aliphatic rings. The summed E-state index contributed by atoms with van der Waals surface area (Å²) in [5.41, 5.74) is 1.45. The van der Waals surface area contributed by atoms with Crippen molar-refractivity contribution in [3.63, 3.8) is 0 Å². The van der Waals surface area contributed by atoms with Crippen molar-refractivity contribution in [1.29, 1.82) is 0 Å². The zero-order valence-electron chi connectivity index (χ0n) is 12.9. The molecule has 3 N–H and O–H groups in total. The first kappa shape index (κ1) is 18.1. The fourth-order valence-corrected chi connectivity index (χ4v) is 2.68. The fourth-order valence-electron chi connectivity index (χ4n) is 2.02. The summed E-state index contributed by atoms with van der Waals surface area (Å²) in [6, 6.07) is 14.0. The molecular formula is C17H16BrN3O2S. The van der Waals surface area contributed by atoms with Crippen LogP contribution in [0.5, 0.6) is 0 Å². The summed E-state index contributed by atoms with van der Waals surface area (Å²) < 4.78 is 0.674. The maximum absolute atomic E-state index is 12.2. The third-order valence-corrected chi connectivity index (χ3v) is 4.00. The Bertz CT molecular complexity index is 780. The molecule has 2 aromatic carbocycles. The molecule has 2 aromatic rings. The highest BCUT2D eigenvalue weighted by atomic mass is 79.9. The lowest BCUT2D eigenvalue weighted by Crippen LogP contribution is -2.35. The van der Waals surface area contributed by atoms with E-state index in [9.17, 15) is 9.59 Å². The molecule has 24 heavy (non-hydrogen) atoms. The predicted octanol–water partition coefficient (Wildman–Crippen LogP) is 3.33. The zero-order valence-corrected chi connectivity index (χ0v) is 15.3. The molecule has 7 heteroatoms. The van der Waals surface area contributed by atoms with Gasteiger partial charge in [0, 0.05) is 11.0 Å². The van der Waals surface area contributed by atoms with Crippen LogP contribution in [0.15, 0.2) is 53.0 Å². The van der Waals surface area contributed by atoms with Crippen LogP contribution in [-0.2, 0) is 0 Å². The lowest BCUT2D eigenvalue weighted by atomic mass is 10.1. The molecule has 124 valence electrons. The van der Waals surface area contributed by atoms with Crippen molar-refractivity contribution in [2.45, 2.75) is 6.92 Å². The number of thiocarbonyl (C=S) groups is 1. The number of carbonyl (C=O) groups is 2. The van der Waals surface area contributed by atoms with E-state index in [2.05, 4.69) is 31.9 Å². The summed E-state index contributed by atoms with van der Waals surface area (Å²) in [5, 5.41) is 8.35. The minimum atomic E-state index is -0.338. The molecule has 2 amide bonds. The first-order valence-electron chi connectivity index (χ1n) is 7.27. The van der Waals surface area contributed by atoms with Crippen LogP contribution in [-0.4, -0.2) is 23.5 Å². The lowest BCUT2D eigenvalue weighted by molar-refractivity contribution is 0.0954. The van der Waals surface area contributed by atoms with Crippen molar-refractivity contribution >= 4 is 50.8 Å². The van der Waals surface area contributed by atoms with Gasteiger partial charge in [0.05, 0.1) is 16.8 Å². The van der Waals surface area contributed by atoms with Crippen LogP contribution < -0.4 is 16.0 Å². The summed E-state index contributed by atoms with van der Waals surface area (Å²) in [5.74, 6) is -0.545. The van der Waals surface area contributed by atoms with Crippen molar-refractivity contribution in [2.24, 2.45) is 0 Å². The predicted molar refractivity (Wildman–Crippen MR) is 102 cm³/mol. The topological polar surface area (TPSA) is 70.2 Å². The number of hydrogen-bond acceptors (Lipinski definition) is 3. The molecule has 0 radical (unpaired) electrons. The Hall–Kier alpha value is -2.25. The van der Waals surface area contributed by atoms with Crippen molar-refractivity contribution < 1.29 is 9.59 Å². The molecule has 0 saturated carbocycles. The highest BCUT2D eigenvalue weighted by Crippen LogP contribution is 2.17. The number of hydrogen-bond donors (Lipinski definition) is 3. The monoisotopic (exact) mass is 405 g/mol. The maximum atomic E-state index is 12.2. The largest absolute Gasteiger partial charge is 0.352 e. The van der Waals surface area contributed by atoms with E-state index in [4.69, 9.17) is 12.2 Å². The van der Waals surface area contributed by atoms with Gasteiger partial charge in [-0.25, -0.2) is 0 Å². The molecule has 2 rings (SSSR count). The van der Waals surface area contributed by atoms with Gasteiger partial charge in [-0.2, -0.15) is 0 Å². The van der Waals surface area contributed by atoms with E-state index in [1.807, 2.05) is 13.0 Å². The van der Waals surface area contributed by atoms with Crippen LogP contribution in [0.1, 0.15) is 27.6 Å². The van der Waals surface area contributed by atoms with Crippen LogP contribution in [0, 0.1) is 0 Å². The van der Waals surface area contributed by atoms with Gasteiger partial charge in [-0.3, -0.25) is 14.9 Å². The summed E-state index contributed by atoms with van der Waals surface area (Å²) in [6.45, 7) is 2.37. The number of para-hydroxylation sites is 1. The second-order valence-corrected chi connectivity index (χ2v) is 6.06. The molecule has 0 aromatic heterocycles. The standard InChI is InChI=1S/C17H16BrN3O2S/c1-2-19-15(22)12-8-4-6-10-14(12)20-17(24)21-16(23)11-7-3-5-9-13(11)18/h3-10H,2H2,1H3,(H,19,22)(H2,20,21,23,24). The van der Waals surface area contributed by atoms with Gasteiger partial charge in [0.15, 0.2) is 5.11 Å². The van der Waals surface area contributed by atoms with E-state index in [-0.39, 0.29) is 16.9 Å². The van der Waals surface area contributed by atoms with Gasteiger partial charge in [0.1, 0.15) is 0 Å². The van der Waals surface area contributed by atoms with Gasteiger partial charge < -0.3 is 10.6 Å². The summed E-state index contributed by atoms with van der Waals surface area (Å²) in [7, 11) is 0. The molecule has 5 nitrogen and oxygen atoms in total. The first-order chi connectivity index (χ1) is 11.5. The van der Waals surface area contributed by atoms with E-state index in [0.717, 1.165) is 0 Å². The van der Waals surface area contributed by atoms with E-state index >= 15 is 0 Å². The average Bonchev–Trinajstić information content (AvgIpc) is 2.55. The Morgan fingerprint density at radius 1 is 1.00 bits per heavy atom. The molecule has 0 saturated heterocycles. The quantitative estimate of drug-likeness (QED) is 0.682. The number of anilines is 1. The molecule has 0 unspecified atom stereocenters. The summed E-state index contributed by atoms with van der Waals surface area (Å²) in [6.07, 6.45) is 0. The third kappa shape index (κ3) is 4.62. The van der Waals surface area contributed by atoms with Crippen molar-refractivity contribution in [1.82, 2.24) is 10.6 Å². The van der Waals surface area contributed by atoms with Crippen LogP contribution in [0.25, 0.3) is 0 Å². The van der Waals surface area contributed by atoms with Crippen LogP contribution in [0.2, 0.25) is 0 Å². The van der Waals surface area contributed by atoms with E-state index < -0.39 is 0 Å². The number of benzene rings is 2. The van der Waals surface area contributed by atoms with Crippen LogP contribution >= 0.6 is 28.1 Å². The Morgan fingerprint density at radius 3 is 2.29 bits per heavy atom. The molecule has 0 aliphatic heterocycles. The molecular weight excluding hydrogens is 390 g/mol. The molecule has 0 spiro atoms. The van der Waals surface area contributed by atoms with Crippen molar-refractivity contribution in [3.8, 4) is 0 Å². The molecule has 0 fully saturated rings. The fraction of sp³-hybridized carbons (Fsp3) is 0.118. The van der Waals surface area contributed by atoms with Crippen molar-refractivity contribution in [3.05, 3.63) is 64.1 Å². The first-order valence-corrected chi connectivity index (χ1v) is 8.47. The number of carbonyl (C=O) groups excluding carboxylic acids is 2. The SMILES string of the molecule is CCNC(=O)c1ccccc1NC(=S)NC(=O)c1ccccc1Br. The smallest absolute Gasteiger partial charge is 0.258 e. The molecule has 0 atom stereocenters. The average molecular weight is 406 g/mol. The number of amides is 2. The highest BCUT2D eigenvalue weighted by molar-refractivity contribution is 9.10. The minimum Gasteiger partial charge on any atom is -0.352 e. The highest BCUT2D eigenvalue weighted by Gasteiger charge is 2.14. The Labute approximate surface area is 154 Å². The lowest BCUT2D eigenvalue weighted by Gasteiger charge is -2.13. The number of nitrogens with one attached hydrogen (secondary N) is 3. The van der Waals surface area contributed by atoms with Gasteiger partial charge >= 0.3 is 0 Å². The van der Waals surface area contributed by atoms with Gasteiger partial charge in [0.2, 0.25) is 0 Å². The maximum Gasteiger partial charge on any atom is 0.258 e. The second kappa shape index (κ2) is 8.56. The number of halogens is 1. The van der Waals surface area contributed by atoms with E-state index in [1.165, 1.54) is 0 Å². The molecule has 0 bridgehead atoms. The van der Waals surface area contributed by atoms with Gasteiger partial charge in [-0.05, 0) is 59.3 Å². The Kier molecular flexibility index (Phi) is 6.45. The van der Waals surface area contributed by atoms with E-state index in [1.54, 1.807) is 42.5 Å². The van der Waals surface area contributed by atoms with Gasteiger partial charge in [-0.15, -0.1) is 0 Å². The summed E-state index contributed by atoms with van der Waals surface area (Å²) >= 11 is 8.50. The Balaban J connectivity index is 2.09. The summed E-state index contributed by atoms with van der Waals surface area (Å²) in [4.78, 5) is 24.3. The van der Waals surface area contributed by atoms with Crippen LogP contribution in [0.3, 0.4) is 0 Å². The van der Waals surface area contributed by atoms with Crippen molar-refractivity contribution in [2.75, 3.05) is 11.9 Å². The normalized spacial score (nSPS) is 9.92. The second-order valence-electron chi connectivity index (χ2n) is 4.79. The minimum absolute atomic E-state index is 0.118.